The molecule has 1 unspecified atom stereocenters. The molecule has 1 atom stereocenters. The monoisotopic (exact) mass is 397 g/mol. The molecule has 0 bridgehead atoms. The third-order valence-corrected chi connectivity index (χ3v) is 4.46. The predicted molar refractivity (Wildman–Crippen MR) is 110 cm³/mol. The zero-order valence-electron chi connectivity index (χ0n) is 15.6. The van der Waals surface area contributed by atoms with Gasteiger partial charge >= 0.3 is 6.01 Å². The molecular weight excluding hydrogens is 382 g/mol. The van der Waals surface area contributed by atoms with E-state index in [9.17, 15) is 4.79 Å². The lowest BCUT2D eigenvalue weighted by molar-refractivity contribution is -0.116. The van der Waals surface area contributed by atoms with Crippen LogP contribution in [0, 0.1) is 0 Å². The molecule has 2 aromatic heterocycles. The van der Waals surface area contributed by atoms with E-state index in [4.69, 9.17) is 4.42 Å². The number of amides is 1. The van der Waals surface area contributed by atoms with Crippen LogP contribution in [0.5, 0.6) is 0 Å². The fraction of sp³-hybridized carbons (Fsp3) is 0.0476. The second kappa shape index (κ2) is 7.55. The van der Waals surface area contributed by atoms with Gasteiger partial charge < -0.3 is 15.1 Å². The zero-order chi connectivity index (χ0) is 20.3. The smallest absolute Gasteiger partial charge is 0.317 e. The second-order valence-electron chi connectivity index (χ2n) is 6.43. The highest BCUT2D eigenvalue weighted by Gasteiger charge is 2.27. The Kier molecular flexibility index (Phi) is 4.45. The number of nitrogens with one attached hydrogen (secondary N) is 2. The number of hydrogen-bond acceptors (Lipinski definition) is 8. The maximum absolute atomic E-state index is 12.8. The summed E-state index contributed by atoms with van der Waals surface area (Å²) in [5, 5.41) is 13.7. The average Bonchev–Trinajstić information content (AvgIpc) is 3.21. The summed E-state index contributed by atoms with van der Waals surface area (Å²) in [6, 6.07) is 17.3. The molecule has 3 heterocycles. The number of para-hydroxylation sites is 1. The molecule has 0 spiro atoms. The van der Waals surface area contributed by atoms with Gasteiger partial charge in [0.25, 0.3) is 11.8 Å². The Hall–Kier alpha value is -4.40. The molecule has 0 saturated heterocycles. The standard InChI is InChI=1S/C21H15N7O2/c29-19-18(26-21-28-27-20(30-21)16-12-22-10-11-23-16)25-17(13-6-2-1-3-7-13)14-8-4-5-9-15(14)24-19/h1-12,18H,(H,24,29)(H,26,28). The second-order valence-corrected chi connectivity index (χ2v) is 6.43. The van der Waals surface area contributed by atoms with Gasteiger partial charge in [0.1, 0.15) is 5.69 Å². The molecule has 9 heteroatoms. The Morgan fingerprint density at radius 3 is 2.63 bits per heavy atom. The number of carbonyl (C=O) groups is 1. The van der Waals surface area contributed by atoms with Crippen LogP contribution in [0.25, 0.3) is 11.6 Å². The fourth-order valence-electron chi connectivity index (χ4n) is 3.09. The van der Waals surface area contributed by atoms with E-state index >= 15 is 0 Å². The van der Waals surface area contributed by atoms with Gasteiger partial charge in [0, 0.05) is 23.5 Å². The molecule has 0 radical (unpaired) electrons. The number of carbonyl (C=O) groups excluding carboxylic acids is 1. The van der Waals surface area contributed by atoms with Crippen molar-refractivity contribution < 1.29 is 9.21 Å². The summed E-state index contributed by atoms with van der Waals surface area (Å²) >= 11 is 0. The van der Waals surface area contributed by atoms with Crippen molar-refractivity contribution in [1.82, 2.24) is 20.2 Å². The summed E-state index contributed by atoms with van der Waals surface area (Å²) in [4.78, 5) is 25.6. The van der Waals surface area contributed by atoms with Gasteiger partial charge in [0.2, 0.25) is 6.17 Å². The fourth-order valence-corrected chi connectivity index (χ4v) is 3.09. The molecule has 0 fully saturated rings. The SMILES string of the molecule is O=C1Nc2ccccc2C(c2ccccc2)=NC1Nc1nnc(-c2cnccn2)o1. The minimum atomic E-state index is -0.970. The van der Waals surface area contributed by atoms with Crippen LogP contribution < -0.4 is 10.6 Å². The van der Waals surface area contributed by atoms with Gasteiger partial charge in [0.05, 0.1) is 17.6 Å². The van der Waals surface area contributed by atoms with Crippen LogP contribution in [0.1, 0.15) is 11.1 Å². The molecule has 1 aliphatic rings. The Morgan fingerprint density at radius 2 is 1.80 bits per heavy atom. The lowest BCUT2D eigenvalue weighted by Gasteiger charge is -2.11. The van der Waals surface area contributed by atoms with Crippen molar-refractivity contribution in [3.63, 3.8) is 0 Å². The molecule has 1 amide bonds. The quantitative estimate of drug-likeness (QED) is 0.543. The van der Waals surface area contributed by atoms with E-state index in [2.05, 4.69) is 35.8 Å². The van der Waals surface area contributed by atoms with Gasteiger partial charge in [0.15, 0.2) is 0 Å². The number of fused-ring (bicyclic) bond motifs is 1. The van der Waals surface area contributed by atoms with Crippen LogP contribution in [-0.2, 0) is 4.79 Å². The summed E-state index contributed by atoms with van der Waals surface area (Å²) in [5.41, 5.74) is 3.51. The van der Waals surface area contributed by atoms with Crippen LogP contribution in [0.2, 0.25) is 0 Å². The topological polar surface area (TPSA) is 118 Å². The maximum Gasteiger partial charge on any atom is 0.317 e. The number of anilines is 2. The van der Waals surface area contributed by atoms with Gasteiger partial charge in [-0.25, -0.2) is 9.98 Å². The van der Waals surface area contributed by atoms with Crippen molar-refractivity contribution in [3.05, 3.63) is 84.3 Å². The van der Waals surface area contributed by atoms with Crippen LogP contribution >= 0.6 is 0 Å². The van der Waals surface area contributed by atoms with Crippen LogP contribution in [-0.4, -0.2) is 37.9 Å². The van der Waals surface area contributed by atoms with Gasteiger partial charge in [-0.3, -0.25) is 9.78 Å². The first-order chi connectivity index (χ1) is 14.8. The molecule has 2 aromatic carbocycles. The van der Waals surface area contributed by atoms with Gasteiger partial charge in [-0.2, -0.15) is 0 Å². The van der Waals surface area contributed by atoms with E-state index in [0.29, 0.717) is 17.1 Å². The van der Waals surface area contributed by atoms with E-state index in [1.165, 1.54) is 12.4 Å². The molecule has 9 nitrogen and oxygen atoms in total. The number of rotatable bonds is 4. The van der Waals surface area contributed by atoms with Crippen molar-refractivity contribution in [1.29, 1.82) is 0 Å². The van der Waals surface area contributed by atoms with Crippen LogP contribution in [0.15, 0.2) is 82.6 Å². The molecular formula is C21H15N7O2. The number of nitrogens with zero attached hydrogens (tertiary/aromatic N) is 5. The Labute approximate surface area is 170 Å². The number of benzene rings is 2. The van der Waals surface area contributed by atoms with Gasteiger partial charge in [-0.15, -0.1) is 5.10 Å². The highest BCUT2D eigenvalue weighted by atomic mass is 16.4. The summed E-state index contributed by atoms with van der Waals surface area (Å²) in [6.07, 6.45) is 3.62. The Bertz CT molecular complexity index is 1220. The van der Waals surface area contributed by atoms with Gasteiger partial charge in [-0.05, 0) is 6.07 Å². The van der Waals surface area contributed by atoms with E-state index in [1.54, 1.807) is 6.20 Å². The number of aliphatic imine (C=N–C) groups is 1. The number of hydrogen-bond donors (Lipinski definition) is 2. The molecule has 0 aliphatic carbocycles. The summed E-state index contributed by atoms with van der Waals surface area (Å²) in [6.45, 7) is 0. The lowest BCUT2D eigenvalue weighted by atomic mass is 10.0. The highest BCUT2D eigenvalue weighted by Crippen LogP contribution is 2.25. The number of aromatic nitrogens is 4. The van der Waals surface area contributed by atoms with E-state index in [0.717, 1.165) is 11.1 Å². The average molecular weight is 397 g/mol. The molecule has 0 saturated carbocycles. The maximum atomic E-state index is 12.8. The van der Waals surface area contributed by atoms with Crippen molar-refractivity contribution in [2.75, 3.05) is 10.6 Å². The summed E-state index contributed by atoms with van der Waals surface area (Å²) in [5.74, 6) is -0.150. The first kappa shape index (κ1) is 17.7. The van der Waals surface area contributed by atoms with Crippen LogP contribution in [0.4, 0.5) is 11.7 Å². The highest BCUT2D eigenvalue weighted by molar-refractivity contribution is 6.19. The van der Waals surface area contributed by atoms with Crippen molar-refractivity contribution in [2.24, 2.45) is 4.99 Å². The molecule has 146 valence electrons. The zero-order valence-corrected chi connectivity index (χ0v) is 15.6. The molecule has 30 heavy (non-hydrogen) atoms. The van der Waals surface area contributed by atoms with Gasteiger partial charge in [-0.1, -0.05) is 53.6 Å². The summed E-state index contributed by atoms with van der Waals surface area (Å²) in [7, 11) is 0. The third kappa shape index (κ3) is 3.39. The van der Waals surface area contributed by atoms with E-state index < -0.39 is 6.17 Å². The van der Waals surface area contributed by atoms with E-state index in [-0.39, 0.29) is 17.8 Å². The third-order valence-electron chi connectivity index (χ3n) is 4.46. The minimum Gasteiger partial charge on any atom is -0.402 e. The molecule has 2 N–H and O–H groups in total. The lowest BCUT2D eigenvalue weighted by Crippen LogP contribution is -2.32. The first-order valence-electron chi connectivity index (χ1n) is 9.18. The minimum absolute atomic E-state index is 0.0536. The van der Waals surface area contributed by atoms with Crippen molar-refractivity contribution in [3.8, 4) is 11.6 Å². The Morgan fingerprint density at radius 1 is 0.967 bits per heavy atom. The van der Waals surface area contributed by atoms with Crippen molar-refractivity contribution in [2.45, 2.75) is 6.17 Å². The van der Waals surface area contributed by atoms with Crippen molar-refractivity contribution >= 4 is 23.3 Å². The first-order valence-corrected chi connectivity index (χ1v) is 9.18. The van der Waals surface area contributed by atoms with Crippen LogP contribution in [0.3, 0.4) is 0 Å². The predicted octanol–water partition coefficient (Wildman–Crippen LogP) is 2.75. The molecule has 4 aromatic rings. The Balaban J connectivity index is 1.51. The number of benzodiazepines with no additional fused rings is 1. The molecule has 5 rings (SSSR count). The normalized spacial score (nSPS) is 15.5. The molecule has 1 aliphatic heterocycles. The summed E-state index contributed by atoms with van der Waals surface area (Å²) < 4.78 is 5.59. The van der Waals surface area contributed by atoms with E-state index in [1.807, 2.05) is 54.6 Å². The largest absolute Gasteiger partial charge is 0.402 e.